The Morgan fingerprint density at radius 2 is 2.23 bits per heavy atom. The lowest BCUT2D eigenvalue weighted by atomic mass is 10.0. The average Bonchev–Trinajstić information content (AvgIpc) is 2.94. The molecule has 0 spiro atoms. The Balaban J connectivity index is 2.27. The van der Waals surface area contributed by atoms with Crippen LogP contribution in [0.4, 0.5) is 0 Å². The predicted octanol–water partition coefficient (Wildman–Crippen LogP) is 0.982. The first kappa shape index (κ1) is 10.5. The Labute approximate surface area is 80.3 Å². The highest BCUT2D eigenvalue weighted by molar-refractivity contribution is 5.78. The third kappa shape index (κ3) is 2.99. The van der Waals surface area contributed by atoms with Crippen molar-refractivity contribution in [2.45, 2.75) is 38.6 Å². The SMILES string of the molecule is CC(CCCN)C(=O)N(C)C1CC1. The molecule has 76 valence electrons. The van der Waals surface area contributed by atoms with Crippen LogP contribution in [0, 0.1) is 5.92 Å². The van der Waals surface area contributed by atoms with E-state index in [4.69, 9.17) is 5.73 Å². The highest BCUT2D eigenvalue weighted by atomic mass is 16.2. The maximum atomic E-state index is 11.7. The summed E-state index contributed by atoms with van der Waals surface area (Å²) in [6, 6.07) is 0.535. The Bertz CT molecular complexity index is 178. The molecular weight excluding hydrogens is 164 g/mol. The van der Waals surface area contributed by atoms with Crippen LogP contribution in [0.3, 0.4) is 0 Å². The zero-order valence-corrected chi connectivity index (χ0v) is 8.62. The maximum Gasteiger partial charge on any atom is 0.225 e. The van der Waals surface area contributed by atoms with Crippen molar-refractivity contribution in [2.75, 3.05) is 13.6 Å². The minimum Gasteiger partial charge on any atom is -0.343 e. The normalized spacial score (nSPS) is 18.4. The predicted molar refractivity (Wildman–Crippen MR) is 53.2 cm³/mol. The van der Waals surface area contributed by atoms with E-state index in [0.29, 0.717) is 12.6 Å². The molecule has 1 atom stereocenters. The minimum absolute atomic E-state index is 0.147. The number of amides is 1. The molecule has 1 amide bonds. The van der Waals surface area contributed by atoms with Gasteiger partial charge in [-0.1, -0.05) is 6.92 Å². The summed E-state index contributed by atoms with van der Waals surface area (Å²) in [6.45, 7) is 2.68. The second-order valence-corrected chi connectivity index (χ2v) is 4.01. The van der Waals surface area contributed by atoms with Crippen molar-refractivity contribution in [2.24, 2.45) is 11.7 Å². The maximum absolute atomic E-state index is 11.7. The van der Waals surface area contributed by atoms with Gasteiger partial charge in [-0.3, -0.25) is 4.79 Å². The van der Waals surface area contributed by atoms with E-state index >= 15 is 0 Å². The van der Waals surface area contributed by atoms with Gasteiger partial charge in [0.15, 0.2) is 0 Å². The second-order valence-electron chi connectivity index (χ2n) is 4.01. The zero-order valence-electron chi connectivity index (χ0n) is 8.62. The fourth-order valence-electron chi connectivity index (χ4n) is 1.54. The standard InChI is InChI=1S/C10H20N2O/c1-8(4-3-7-11)10(13)12(2)9-5-6-9/h8-9H,3-7,11H2,1-2H3. The molecule has 1 fully saturated rings. The van der Waals surface area contributed by atoms with Crippen molar-refractivity contribution in [3.63, 3.8) is 0 Å². The summed E-state index contributed by atoms with van der Waals surface area (Å²) in [5.74, 6) is 0.435. The van der Waals surface area contributed by atoms with Crippen molar-refractivity contribution in [1.82, 2.24) is 4.90 Å². The Kier molecular flexibility index (Phi) is 3.72. The van der Waals surface area contributed by atoms with E-state index in [2.05, 4.69) is 0 Å². The molecule has 3 nitrogen and oxygen atoms in total. The Hall–Kier alpha value is -0.570. The lowest BCUT2D eigenvalue weighted by molar-refractivity contribution is -0.134. The van der Waals surface area contributed by atoms with Crippen LogP contribution < -0.4 is 5.73 Å². The first-order valence-electron chi connectivity index (χ1n) is 5.13. The van der Waals surface area contributed by atoms with E-state index < -0.39 is 0 Å². The van der Waals surface area contributed by atoms with Gasteiger partial charge in [-0.2, -0.15) is 0 Å². The van der Waals surface area contributed by atoms with Crippen molar-refractivity contribution >= 4 is 5.91 Å². The van der Waals surface area contributed by atoms with E-state index in [1.165, 1.54) is 12.8 Å². The lowest BCUT2D eigenvalue weighted by Crippen LogP contribution is -2.33. The van der Waals surface area contributed by atoms with Crippen LogP contribution in [-0.4, -0.2) is 30.4 Å². The number of rotatable bonds is 5. The largest absolute Gasteiger partial charge is 0.343 e. The van der Waals surface area contributed by atoms with Gasteiger partial charge in [-0.15, -0.1) is 0 Å². The molecular formula is C10H20N2O. The Morgan fingerprint density at radius 3 is 2.69 bits per heavy atom. The molecule has 13 heavy (non-hydrogen) atoms. The molecule has 0 aliphatic heterocycles. The fourth-order valence-corrected chi connectivity index (χ4v) is 1.54. The monoisotopic (exact) mass is 184 g/mol. The molecule has 1 rings (SSSR count). The summed E-state index contributed by atoms with van der Waals surface area (Å²) in [6.07, 6.45) is 4.25. The van der Waals surface area contributed by atoms with Crippen LogP contribution in [0.25, 0.3) is 0 Å². The van der Waals surface area contributed by atoms with Crippen LogP contribution in [0.15, 0.2) is 0 Å². The van der Waals surface area contributed by atoms with Gasteiger partial charge in [-0.25, -0.2) is 0 Å². The highest BCUT2D eigenvalue weighted by Crippen LogP contribution is 2.27. The van der Waals surface area contributed by atoms with Crippen LogP contribution in [0.2, 0.25) is 0 Å². The molecule has 2 N–H and O–H groups in total. The van der Waals surface area contributed by atoms with E-state index in [1.807, 2.05) is 18.9 Å². The van der Waals surface area contributed by atoms with Crippen molar-refractivity contribution in [3.05, 3.63) is 0 Å². The van der Waals surface area contributed by atoms with Crippen LogP contribution in [-0.2, 0) is 4.79 Å². The number of nitrogens with zero attached hydrogens (tertiary/aromatic N) is 1. The molecule has 0 heterocycles. The summed E-state index contributed by atoms with van der Waals surface area (Å²) in [4.78, 5) is 13.6. The van der Waals surface area contributed by atoms with E-state index in [0.717, 1.165) is 12.8 Å². The van der Waals surface area contributed by atoms with Gasteiger partial charge in [0.2, 0.25) is 5.91 Å². The number of carbonyl (C=O) groups excluding carboxylic acids is 1. The summed E-state index contributed by atoms with van der Waals surface area (Å²) >= 11 is 0. The summed E-state index contributed by atoms with van der Waals surface area (Å²) in [7, 11) is 1.92. The fraction of sp³-hybridized carbons (Fsp3) is 0.900. The van der Waals surface area contributed by atoms with Crippen molar-refractivity contribution in [1.29, 1.82) is 0 Å². The number of carbonyl (C=O) groups is 1. The van der Waals surface area contributed by atoms with Crippen LogP contribution >= 0.6 is 0 Å². The first-order valence-corrected chi connectivity index (χ1v) is 5.13. The average molecular weight is 184 g/mol. The minimum atomic E-state index is 0.147. The second kappa shape index (κ2) is 4.61. The third-order valence-corrected chi connectivity index (χ3v) is 2.71. The van der Waals surface area contributed by atoms with Gasteiger partial charge < -0.3 is 10.6 Å². The van der Waals surface area contributed by atoms with E-state index in [1.54, 1.807) is 0 Å². The molecule has 0 aromatic heterocycles. The van der Waals surface area contributed by atoms with E-state index in [9.17, 15) is 4.79 Å². The molecule has 0 aromatic carbocycles. The van der Waals surface area contributed by atoms with Gasteiger partial charge in [0.1, 0.15) is 0 Å². The first-order chi connectivity index (χ1) is 6.16. The lowest BCUT2D eigenvalue weighted by Gasteiger charge is -2.20. The van der Waals surface area contributed by atoms with E-state index in [-0.39, 0.29) is 11.8 Å². The van der Waals surface area contributed by atoms with Gasteiger partial charge in [0.05, 0.1) is 0 Å². The van der Waals surface area contributed by atoms with Crippen molar-refractivity contribution in [3.8, 4) is 0 Å². The van der Waals surface area contributed by atoms with Gasteiger partial charge in [0.25, 0.3) is 0 Å². The molecule has 1 aliphatic rings. The van der Waals surface area contributed by atoms with Crippen LogP contribution in [0.1, 0.15) is 32.6 Å². The molecule has 3 heteroatoms. The topological polar surface area (TPSA) is 46.3 Å². The molecule has 0 bridgehead atoms. The number of hydrogen-bond acceptors (Lipinski definition) is 2. The number of nitrogens with two attached hydrogens (primary N) is 1. The quantitative estimate of drug-likeness (QED) is 0.692. The molecule has 0 aromatic rings. The van der Waals surface area contributed by atoms with Gasteiger partial charge >= 0.3 is 0 Å². The molecule has 0 saturated heterocycles. The van der Waals surface area contributed by atoms with Gasteiger partial charge in [0, 0.05) is 19.0 Å². The van der Waals surface area contributed by atoms with Crippen molar-refractivity contribution < 1.29 is 4.79 Å². The summed E-state index contributed by atoms with van der Waals surface area (Å²) in [5, 5.41) is 0. The summed E-state index contributed by atoms with van der Waals surface area (Å²) in [5.41, 5.74) is 5.40. The van der Waals surface area contributed by atoms with Crippen LogP contribution in [0.5, 0.6) is 0 Å². The number of hydrogen-bond donors (Lipinski definition) is 1. The molecule has 1 aliphatic carbocycles. The molecule has 0 radical (unpaired) electrons. The molecule has 1 unspecified atom stereocenters. The third-order valence-electron chi connectivity index (χ3n) is 2.71. The smallest absolute Gasteiger partial charge is 0.225 e. The van der Waals surface area contributed by atoms with Gasteiger partial charge in [-0.05, 0) is 32.2 Å². The zero-order chi connectivity index (χ0) is 9.84. The Morgan fingerprint density at radius 1 is 1.62 bits per heavy atom. The highest BCUT2D eigenvalue weighted by Gasteiger charge is 2.31. The summed E-state index contributed by atoms with van der Waals surface area (Å²) < 4.78 is 0. The molecule has 1 saturated carbocycles.